The maximum absolute atomic E-state index is 9.64. The molecule has 1 atom stereocenters. The maximum Gasteiger partial charge on any atom is 0.123 e. The van der Waals surface area contributed by atoms with Gasteiger partial charge >= 0.3 is 0 Å². The van der Waals surface area contributed by atoms with Crippen LogP contribution in [0.1, 0.15) is 60.2 Å². The number of aliphatic hydroxyl groups is 1. The molecule has 0 spiro atoms. The third-order valence-electron chi connectivity index (χ3n) is 6.68. The van der Waals surface area contributed by atoms with Crippen LogP contribution in [0.25, 0.3) is 0 Å². The monoisotopic (exact) mass is 437 g/mol. The third kappa shape index (κ3) is 4.74. The van der Waals surface area contributed by atoms with Gasteiger partial charge in [-0.05, 0) is 64.4 Å². The molecule has 1 fully saturated rings. The highest BCUT2D eigenvalue weighted by Gasteiger charge is 2.26. The van der Waals surface area contributed by atoms with Gasteiger partial charge in [0.15, 0.2) is 0 Å². The van der Waals surface area contributed by atoms with Crippen LogP contribution in [0.5, 0.6) is 5.75 Å². The van der Waals surface area contributed by atoms with Crippen molar-refractivity contribution in [2.45, 2.75) is 58.7 Å². The van der Waals surface area contributed by atoms with Crippen molar-refractivity contribution < 1.29 is 9.84 Å². The minimum Gasteiger partial charge on any atom is -0.496 e. The predicted molar refractivity (Wildman–Crippen MR) is 125 cm³/mol. The second-order valence-electron chi connectivity index (χ2n) is 8.96. The topological polar surface area (TPSA) is 68.3 Å². The zero-order valence-electron chi connectivity index (χ0n) is 19.7. The first kappa shape index (κ1) is 22.6. The minimum absolute atomic E-state index is 0.0717. The molecule has 1 aromatic carbocycles. The first-order valence-corrected chi connectivity index (χ1v) is 11.5. The molecule has 1 aliphatic heterocycles. The van der Waals surface area contributed by atoms with E-state index in [0.717, 1.165) is 62.1 Å². The molecule has 0 saturated carbocycles. The van der Waals surface area contributed by atoms with Gasteiger partial charge < -0.3 is 19.0 Å². The number of rotatable bonds is 8. The van der Waals surface area contributed by atoms with E-state index >= 15 is 0 Å². The van der Waals surface area contributed by atoms with Gasteiger partial charge in [0.2, 0.25) is 0 Å². The van der Waals surface area contributed by atoms with Crippen LogP contribution >= 0.6 is 0 Å². The Morgan fingerprint density at radius 3 is 2.59 bits per heavy atom. The fraction of sp³-hybridized carbons (Fsp3) is 0.520. The van der Waals surface area contributed by atoms with E-state index in [9.17, 15) is 5.11 Å². The Morgan fingerprint density at radius 1 is 1.16 bits per heavy atom. The molecule has 4 rings (SSSR count). The van der Waals surface area contributed by atoms with Crippen molar-refractivity contribution >= 4 is 0 Å². The molecule has 32 heavy (non-hydrogen) atoms. The van der Waals surface area contributed by atoms with E-state index in [1.54, 1.807) is 7.11 Å². The Balaban J connectivity index is 1.41. The van der Waals surface area contributed by atoms with Crippen LogP contribution in [-0.2, 0) is 13.1 Å². The average molecular weight is 438 g/mol. The van der Waals surface area contributed by atoms with Crippen molar-refractivity contribution in [1.82, 2.24) is 24.0 Å². The number of nitrogens with zero attached hydrogens (tertiary/aromatic N) is 5. The van der Waals surface area contributed by atoms with Gasteiger partial charge in [0, 0.05) is 42.3 Å². The van der Waals surface area contributed by atoms with Crippen LogP contribution in [0, 0.1) is 13.8 Å². The van der Waals surface area contributed by atoms with Crippen LogP contribution in [0.4, 0.5) is 0 Å². The Kier molecular flexibility index (Phi) is 6.96. The summed E-state index contributed by atoms with van der Waals surface area (Å²) in [6.45, 7) is 10.1. The quantitative estimate of drug-likeness (QED) is 0.582. The van der Waals surface area contributed by atoms with Crippen molar-refractivity contribution in [2.75, 3.05) is 26.8 Å². The summed E-state index contributed by atoms with van der Waals surface area (Å²) < 4.78 is 9.97. The zero-order chi connectivity index (χ0) is 22.7. The molecule has 0 amide bonds. The van der Waals surface area contributed by atoms with E-state index in [2.05, 4.69) is 51.1 Å². The van der Waals surface area contributed by atoms with Gasteiger partial charge in [0.25, 0.3) is 0 Å². The fourth-order valence-electron chi connectivity index (χ4n) is 4.84. The number of aromatic nitrogens is 4. The molecule has 0 unspecified atom stereocenters. The maximum atomic E-state index is 9.64. The van der Waals surface area contributed by atoms with Gasteiger partial charge in [-0.2, -0.15) is 0 Å². The average Bonchev–Trinajstić information content (AvgIpc) is 3.39. The van der Waals surface area contributed by atoms with Gasteiger partial charge in [-0.1, -0.05) is 6.07 Å². The zero-order valence-corrected chi connectivity index (χ0v) is 19.7. The van der Waals surface area contributed by atoms with Crippen molar-refractivity contribution in [3.05, 3.63) is 65.3 Å². The summed E-state index contributed by atoms with van der Waals surface area (Å²) >= 11 is 0. The Labute approximate surface area is 190 Å². The van der Waals surface area contributed by atoms with Crippen LogP contribution in [-0.4, -0.2) is 55.9 Å². The summed E-state index contributed by atoms with van der Waals surface area (Å²) in [4.78, 5) is 11.6. The molecule has 7 heteroatoms. The molecule has 0 aliphatic carbocycles. The lowest BCUT2D eigenvalue weighted by Crippen LogP contribution is -2.33. The van der Waals surface area contributed by atoms with E-state index in [0.29, 0.717) is 5.92 Å². The summed E-state index contributed by atoms with van der Waals surface area (Å²) in [5.41, 5.74) is 3.61. The first-order valence-electron chi connectivity index (χ1n) is 11.5. The number of ether oxygens (including phenoxy) is 1. The number of aliphatic hydroxyl groups excluding tert-OH is 1. The number of imidazole rings is 2. The lowest BCUT2D eigenvalue weighted by Gasteiger charge is -2.32. The van der Waals surface area contributed by atoms with Crippen molar-refractivity contribution in [1.29, 1.82) is 0 Å². The van der Waals surface area contributed by atoms with Crippen molar-refractivity contribution in [2.24, 2.45) is 0 Å². The van der Waals surface area contributed by atoms with Gasteiger partial charge in [-0.25, -0.2) is 9.97 Å². The fourth-order valence-corrected chi connectivity index (χ4v) is 4.84. The number of piperidine rings is 1. The second kappa shape index (κ2) is 9.88. The molecule has 2 aromatic heterocycles. The highest BCUT2D eigenvalue weighted by molar-refractivity contribution is 5.37. The molecule has 3 aromatic rings. The Morgan fingerprint density at radius 2 is 1.94 bits per heavy atom. The van der Waals surface area contributed by atoms with E-state index < -0.39 is 0 Å². The number of methoxy groups -OCH3 is 1. The molecular weight excluding hydrogens is 402 g/mol. The molecular formula is C25H35N5O2. The van der Waals surface area contributed by atoms with Crippen LogP contribution < -0.4 is 4.74 Å². The van der Waals surface area contributed by atoms with E-state index in [1.165, 1.54) is 11.1 Å². The molecule has 1 aliphatic rings. The minimum atomic E-state index is 0.0717. The largest absolute Gasteiger partial charge is 0.496 e. The molecule has 0 radical (unpaired) electrons. The second-order valence-corrected chi connectivity index (χ2v) is 8.96. The van der Waals surface area contributed by atoms with E-state index in [4.69, 9.17) is 9.72 Å². The molecule has 0 bridgehead atoms. The molecule has 7 nitrogen and oxygen atoms in total. The number of hydrogen-bond acceptors (Lipinski definition) is 5. The number of likely N-dealkylation sites (tertiary alicyclic amines) is 1. The Bertz CT molecular complexity index is 1030. The standard InChI is InChI=1S/C25H35N5O2/c1-18-14-27-25(30(18)19(2)17-31)22-7-10-28(11-8-22)15-21-5-6-24(32-4)23(13-21)16-29-12-9-26-20(29)3/h5-6,9,12-14,19,22,31H,7-8,10-11,15-17H2,1-4H3/t19-/m1/s1. The summed E-state index contributed by atoms with van der Waals surface area (Å²) in [5.74, 6) is 3.50. The van der Waals surface area contributed by atoms with Crippen molar-refractivity contribution in [3.63, 3.8) is 0 Å². The van der Waals surface area contributed by atoms with Crippen molar-refractivity contribution in [3.8, 4) is 5.75 Å². The van der Waals surface area contributed by atoms with Crippen LogP contribution in [0.2, 0.25) is 0 Å². The molecule has 172 valence electrons. The smallest absolute Gasteiger partial charge is 0.123 e. The molecule has 1 N–H and O–H groups in total. The van der Waals surface area contributed by atoms with E-state index in [1.807, 2.05) is 25.5 Å². The number of aryl methyl sites for hydroxylation is 2. The summed E-state index contributed by atoms with van der Waals surface area (Å²) in [6, 6.07) is 6.60. The number of hydrogen-bond donors (Lipinski definition) is 1. The normalized spacial score (nSPS) is 16.4. The van der Waals surface area contributed by atoms with Crippen LogP contribution in [0.3, 0.4) is 0 Å². The number of benzene rings is 1. The van der Waals surface area contributed by atoms with Gasteiger partial charge in [-0.15, -0.1) is 0 Å². The van der Waals surface area contributed by atoms with Gasteiger partial charge in [-0.3, -0.25) is 4.90 Å². The van der Waals surface area contributed by atoms with Crippen LogP contribution in [0.15, 0.2) is 36.8 Å². The highest BCUT2D eigenvalue weighted by Crippen LogP contribution is 2.31. The lowest BCUT2D eigenvalue weighted by molar-refractivity contribution is 0.193. The molecule has 1 saturated heterocycles. The predicted octanol–water partition coefficient (Wildman–Crippen LogP) is 3.69. The highest BCUT2D eigenvalue weighted by atomic mass is 16.5. The third-order valence-corrected chi connectivity index (χ3v) is 6.68. The first-order chi connectivity index (χ1) is 15.5. The summed E-state index contributed by atoms with van der Waals surface area (Å²) in [5, 5.41) is 9.64. The summed E-state index contributed by atoms with van der Waals surface area (Å²) in [6.07, 6.45) is 7.96. The lowest BCUT2D eigenvalue weighted by atomic mass is 9.95. The SMILES string of the molecule is COc1ccc(CN2CCC(c3ncc(C)n3[C@H](C)CO)CC2)cc1Cn1ccnc1C. The van der Waals surface area contributed by atoms with E-state index in [-0.39, 0.29) is 12.6 Å². The van der Waals surface area contributed by atoms with Gasteiger partial charge in [0.1, 0.15) is 17.4 Å². The van der Waals surface area contributed by atoms with Gasteiger partial charge in [0.05, 0.1) is 26.3 Å². The molecule has 3 heterocycles. The summed E-state index contributed by atoms with van der Waals surface area (Å²) in [7, 11) is 1.73. The Hall–Kier alpha value is -2.64.